The summed E-state index contributed by atoms with van der Waals surface area (Å²) in [5.41, 5.74) is 0. The lowest BCUT2D eigenvalue weighted by Gasteiger charge is -2.57. The summed E-state index contributed by atoms with van der Waals surface area (Å²) in [7, 11) is 0. The van der Waals surface area contributed by atoms with Gasteiger partial charge in [-0.3, -0.25) is 9.69 Å². The number of piperidine rings is 4. The van der Waals surface area contributed by atoms with Gasteiger partial charge in [-0.15, -0.1) is 0 Å². The fourth-order valence-electron chi connectivity index (χ4n) is 5.41. The molecule has 3 nitrogen and oxygen atoms in total. The summed E-state index contributed by atoms with van der Waals surface area (Å²) in [4.78, 5) is 14.8. The van der Waals surface area contributed by atoms with Gasteiger partial charge in [0.05, 0.1) is 0 Å². The Morgan fingerprint density at radius 3 is 2.42 bits per heavy atom. The average molecular weight is 262 g/mol. The van der Waals surface area contributed by atoms with Crippen LogP contribution in [0.1, 0.15) is 51.4 Å². The van der Waals surface area contributed by atoms with Gasteiger partial charge in [-0.05, 0) is 43.7 Å². The van der Waals surface area contributed by atoms with Gasteiger partial charge in [0.1, 0.15) is 0 Å². The van der Waals surface area contributed by atoms with Crippen LogP contribution in [0.25, 0.3) is 0 Å². The zero-order valence-corrected chi connectivity index (χ0v) is 11.8. The van der Waals surface area contributed by atoms with Gasteiger partial charge in [-0.2, -0.15) is 0 Å². The van der Waals surface area contributed by atoms with Crippen LogP contribution >= 0.6 is 0 Å². The van der Waals surface area contributed by atoms with Gasteiger partial charge in [0.25, 0.3) is 0 Å². The van der Waals surface area contributed by atoms with Gasteiger partial charge in [-0.25, -0.2) is 0 Å². The van der Waals surface area contributed by atoms with Crippen molar-refractivity contribution >= 4 is 5.91 Å². The summed E-state index contributed by atoms with van der Waals surface area (Å²) in [6, 6.07) is 1.16. The van der Waals surface area contributed by atoms with Crippen LogP contribution in [0.2, 0.25) is 0 Å². The fourth-order valence-corrected chi connectivity index (χ4v) is 5.41. The van der Waals surface area contributed by atoms with Gasteiger partial charge >= 0.3 is 0 Å². The largest absolute Gasteiger partial charge is 0.351 e. The molecule has 5 fully saturated rings. The van der Waals surface area contributed by atoms with E-state index >= 15 is 0 Å². The van der Waals surface area contributed by atoms with Crippen molar-refractivity contribution in [2.45, 2.75) is 63.5 Å². The van der Waals surface area contributed by atoms with Crippen LogP contribution < -0.4 is 5.32 Å². The van der Waals surface area contributed by atoms with E-state index in [0.29, 0.717) is 23.9 Å². The smallest absolute Gasteiger partial charge is 0.220 e. The Morgan fingerprint density at radius 1 is 0.947 bits per heavy atom. The SMILES string of the molecule is O=C1C[C@H](C2CCCCC2)[C@H]2[C@@H](N1)C1CCN2CC1. The number of carbonyl (C=O) groups is 1. The Hall–Kier alpha value is -0.570. The Kier molecular flexibility index (Phi) is 3.06. The standard InChI is InChI=1S/C16H26N2O/c19-14-10-13(11-4-2-1-3-5-11)16-15(17-14)12-6-8-18(16)9-7-12/h11-13,15-16H,1-10H2,(H,17,19)/t13-,15+,16+/m1/s1. The molecule has 0 aromatic rings. The highest BCUT2D eigenvalue weighted by atomic mass is 16.1. The molecular formula is C16H26N2O. The molecule has 3 heteroatoms. The number of carbonyl (C=O) groups excluding carboxylic acids is 1. The quantitative estimate of drug-likeness (QED) is 0.785. The third-order valence-corrected chi connectivity index (χ3v) is 6.31. The Bertz CT molecular complexity index is 356. The summed E-state index contributed by atoms with van der Waals surface area (Å²) in [5.74, 6) is 2.59. The highest BCUT2D eigenvalue weighted by Crippen LogP contribution is 2.44. The molecule has 4 heterocycles. The molecule has 1 amide bonds. The van der Waals surface area contributed by atoms with Crippen LogP contribution in [0.3, 0.4) is 0 Å². The van der Waals surface area contributed by atoms with Crippen LogP contribution in [-0.4, -0.2) is 36.0 Å². The fraction of sp³-hybridized carbons (Fsp3) is 0.938. The number of rotatable bonds is 1. The third kappa shape index (κ3) is 2.01. The van der Waals surface area contributed by atoms with Gasteiger partial charge < -0.3 is 5.32 Å². The average Bonchev–Trinajstić information content (AvgIpc) is 2.48. The van der Waals surface area contributed by atoms with E-state index in [-0.39, 0.29) is 0 Å². The van der Waals surface area contributed by atoms with E-state index in [9.17, 15) is 4.79 Å². The van der Waals surface area contributed by atoms with Gasteiger partial charge in [0.15, 0.2) is 0 Å². The Labute approximate surface area is 116 Å². The van der Waals surface area contributed by atoms with Crippen LogP contribution in [0.15, 0.2) is 0 Å². The van der Waals surface area contributed by atoms with Crippen molar-refractivity contribution in [3.63, 3.8) is 0 Å². The maximum absolute atomic E-state index is 12.1. The van der Waals surface area contributed by atoms with E-state index in [4.69, 9.17) is 0 Å². The molecule has 19 heavy (non-hydrogen) atoms. The Balaban J connectivity index is 1.59. The van der Waals surface area contributed by atoms with Crippen molar-refractivity contribution in [3.8, 4) is 0 Å². The van der Waals surface area contributed by atoms with E-state index < -0.39 is 0 Å². The molecule has 106 valence electrons. The molecule has 0 aromatic carbocycles. The maximum atomic E-state index is 12.1. The first-order valence-corrected chi connectivity index (χ1v) is 8.36. The zero-order valence-electron chi connectivity index (χ0n) is 11.8. The third-order valence-electron chi connectivity index (χ3n) is 6.31. The van der Waals surface area contributed by atoms with Crippen molar-refractivity contribution in [2.24, 2.45) is 17.8 Å². The van der Waals surface area contributed by atoms with E-state index in [1.807, 2.05) is 0 Å². The van der Waals surface area contributed by atoms with Crippen LogP contribution in [-0.2, 0) is 4.79 Å². The minimum Gasteiger partial charge on any atom is -0.351 e. The lowest BCUT2D eigenvalue weighted by atomic mass is 9.65. The van der Waals surface area contributed by atoms with E-state index in [0.717, 1.165) is 18.3 Å². The topological polar surface area (TPSA) is 32.3 Å². The summed E-state index contributed by atoms with van der Waals surface area (Å²) < 4.78 is 0. The molecule has 1 aliphatic carbocycles. The molecule has 2 bridgehead atoms. The van der Waals surface area contributed by atoms with E-state index in [2.05, 4.69) is 10.2 Å². The number of nitrogens with zero attached hydrogens (tertiary/aromatic N) is 1. The van der Waals surface area contributed by atoms with Crippen LogP contribution in [0.4, 0.5) is 0 Å². The molecule has 0 spiro atoms. The van der Waals surface area contributed by atoms with E-state index in [1.165, 1.54) is 58.0 Å². The Morgan fingerprint density at radius 2 is 1.68 bits per heavy atom. The summed E-state index contributed by atoms with van der Waals surface area (Å²) >= 11 is 0. The van der Waals surface area contributed by atoms with Gasteiger partial charge in [0.2, 0.25) is 5.91 Å². The zero-order chi connectivity index (χ0) is 12.8. The predicted octanol–water partition coefficient (Wildman–Crippen LogP) is 2.17. The molecule has 0 radical (unpaired) electrons. The molecule has 1 N–H and O–H groups in total. The molecule has 5 rings (SSSR count). The monoisotopic (exact) mass is 262 g/mol. The maximum Gasteiger partial charge on any atom is 0.220 e. The second kappa shape index (κ2) is 4.76. The number of hydrogen-bond donors (Lipinski definition) is 1. The number of hydrogen-bond acceptors (Lipinski definition) is 2. The minimum atomic E-state index is 0.338. The lowest BCUT2D eigenvalue weighted by Crippen LogP contribution is -2.69. The summed E-state index contributed by atoms with van der Waals surface area (Å²) in [6.07, 6.45) is 10.4. The van der Waals surface area contributed by atoms with Crippen molar-refractivity contribution in [1.29, 1.82) is 0 Å². The van der Waals surface area contributed by atoms with Crippen LogP contribution in [0, 0.1) is 17.8 Å². The van der Waals surface area contributed by atoms with Crippen molar-refractivity contribution in [1.82, 2.24) is 10.2 Å². The highest BCUT2D eigenvalue weighted by molar-refractivity contribution is 5.78. The summed E-state index contributed by atoms with van der Waals surface area (Å²) in [5, 5.41) is 3.34. The highest BCUT2D eigenvalue weighted by Gasteiger charge is 2.50. The van der Waals surface area contributed by atoms with Crippen LogP contribution in [0.5, 0.6) is 0 Å². The molecule has 5 aliphatic rings. The molecule has 4 saturated heterocycles. The van der Waals surface area contributed by atoms with Gasteiger partial charge in [0, 0.05) is 18.5 Å². The number of fused-ring (bicyclic) bond motifs is 2. The first-order chi connectivity index (χ1) is 9.33. The first kappa shape index (κ1) is 12.2. The molecular weight excluding hydrogens is 236 g/mol. The lowest BCUT2D eigenvalue weighted by molar-refractivity contribution is -0.135. The minimum absolute atomic E-state index is 0.338. The number of amides is 1. The molecule has 0 aromatic heterocycles. The second-order valence-corrected chi connectivity index (χ2v) is 7.22. The molecule has 4 aliphatic heterocycles. The number of nitrogens with one attached hydrogen (secondary N) is 1. The van der Waals surface area contributed by atoms with E-state index in [1.54, 1.807) is 0 Å². The predicted molar refractivity (Wildman–Crippen MR) is 74.7 cm³/mol. The van der Waals surface area contributed by atoms with Gasteiger partial charge in [-0.1, -0.05) is 32.1 Å². The normalized spacial score (nSPS) is 46.7. The molecule has 0 unspecified atom stereocenters. The van der Waals surface area contributed by atoms with Crippen molar-refractivity contribution in [2.75, 3.05) is 13.1 Å². The molecule has 1 saturated carbocycles. The first-order valence-electron chi connectivity index (χ1n) is 8.36. The molecule has 3 atom stereocenters. The summed E-state index contributed by atoms with van der Waals surface area (Å²) in [6.45, 7) is 2.57. The second-order valence-electron chi connectivity index (χ2n) is 7.22. The van der Waals surface area contributed by atoms with Crippen molar-refractivity contribution < 1.29 is 4.79 Å². The van der Waals surface area contributed by atoms with Crippen molar-refractivity contribution in [3.05, 3.63) is 0 Å².